The van der Waals surface area contributed by atoms with Crippen molar-refractivity contribution in [1.82, 2.24) is 25.4 Å². The lowest BCUT2D eigenvalue weighted by Crippen LogP contribution is -2.39. The summed E-state index contributed by atoms with van der Waals surface area (Å²) in [6.07, 6.45) is 4.11. The van der Waals surface area contributed by atoms with Crippen LogP contribution < -0.4 is 15.4 Å². The molecule has 1 heterocycles. The Morgan fingerprint density at radius 2 is 1.89 bits per heavy atom. The second-order valence-electron chi connectivity index (χ2n) is 6.10. The van der Waals surface area contributed by atoms with E-state index >= 15 is 0 Å². The number of aliphatic imine (C=N–C) groups is 1. The highest BCUT2D eigenvalue weighted by Crippen LogP contribution is 2.08. The number of ether oxygens (including phenoxy) is 1. The maximum Gasteiger partial charge on any atom is 0.191 e. The van der Waals surface area contributed by atoms with Crippen LogP contribution in [-0.4, -0.2) is 52.4 Å². The van der Waals surface area contributed by atoms with Gasteiger partial charge >= 0.3 is 0 Å². The molecular formula is C19H30N6OS. The van der Waals surface area contributed by atoms with Crippen LogP contribution in [0, 0.1) is 6.92 Å². The summed E-state index contributed by atoms with van der Waals surface area (Å²) in [4.78, 5) is 4.65. The fourth-order valence-corrected chi connectivity index (χ4v) is 2.75. The number of guanidine groups is 1. The van der Waals surface area contributed by atoms with Gasteiger partial charge in [-0.15, -0.1) is 10.2 Å². The largest absolute Gasteiger partial charge is 0.494 e. The molecule has 2 rings (SSSR count). The number of hydrogen-bond donors (Lipinski definition) is 2. The number of nitrogens with one attached hydrogen (secondary N) is 2. The van der Waals surface area contributed by atoms with Crippen LogP contribution in [0.5, 0.6) is 5.75 Å². The van der Waals surface area contributed by atoms with Crippen LogP contribution in [0.1, 0.15) is 24.5 Å². The zero-order valence-corrected chi connectivity index (χ0v) is 17.3. The Labute approximate surface area is 166 Å². The van der Waals surface area contributed by atoms with Crippen LogP contribution in [0.4, 0.5) is 0 Å². The minimum Gasteiger partial charge on any atom is -0.494 e. The maximum atomic E-state index is 5.72. The molecule has 2 aromatic rings. The van der Waals surface area contributed by atoms with Gasteiger partial charge < -0.3 is 19.9 Å². The first-order valence-electron chi connectivity index (χ1n) is 9.24. The number of rotatable bonds is 11. The molecule has 0 atom stereocenters. The van der Waals surface area contributed by atoms with Crippen molar-refractivity contribution in [3.05, 3.63) is 42.0 Å². The van der Waals surface area contributed by atoms with Gasteiger partial charge in [-0.3, -0.25) is 0 Å². The summed E-state index contributed by atoms with van der Waals surface area (Å²) < 4.78 is 7.68. The van der Waals surface area contributed by atoms with Gasteiger partial charge in [-0.25, -0.2) is 4.99 Å². The molecular weight excluding hydrogens is 360 g/mol. The number of benzene rings is 1. The summed E-state index contributed by atoms with van der Waals surface area (Å²) in [5.41, 5.74) is 0. The van der Waals surface area contributed by atoms with Crippen LogP contribution in [0.15, 0.2) is 35.3 Å². The summed E-state index contributed by atoms with van der Waals surface area (Å²) in [7, 11) is 1.96. The van der Waals surface area contributed by atoms with Crippen molar-refractivity contribution in [3.8, 4) is 5.75 Å². The molecule has 7 nitrogen and oxygen atoms in total. The summed E-state index contributed by atoms with van der Waals surface area (Å²) in [5, 5.41) is 15.0. The van der Waals surface area contributed by atoms with Crippen LogP contribution in [0.25, 0.3) is 0 Å². The Balaban J connectivity index is 1.78. The minimum atomic E-state index is 0.496. The van der Waals surface area contributed by atoms with Crippen LogP contribution in [0.2, 0.25) is 0 Å². The molecule has 2 N–H and O–H groups in total. The van der Waals surface area contributed by atoms with Gasteiger partial charge in [-0.2, -0.15) is 11.8 Å². The number of thioether (sulfide) groups is 1. The van der Waals surface area contributed by atoms with E-state index in [0.717, 1.165) is 55.0 Å². The molecule has 0 unspecified atom stereocenters. The average molecular weight is 391 g/mol. The zero-order chi connectivity index (χ0) is 19.3. The Kier molecular flexibility index (Phi) is 9.54. The minimum absolute atomic E-state index is 0.496. The standard InChI is InChI=1S/C19H30N6OS/c1-16-23-24-18(25(16)2)15-22-19(21-12-8-14-27-3)20-11-7-13-26-17-9-5-4-6-10-17/h4-6,9-10H,7-8,11-15H2,1-3H3,(H2,20,21,22). The molecule has 0 aliphatic heterocycles. The third-order valence-electron chi connectivity index (χ3n) is 4.00. The molecule has 0 aliphatic rings. The third kappa shape index (κ3) is 7.90. The molecule has 1 aromatic heterocycles. The molecule has 0 radical (unpaired) electrons. The lowest BCUT2D eigenvalue weighted by molar-refractivity contribution is 0.311. The van der Waals surface area contributed by atoms with E-state index in [1.807, 2.05) is 60.6 Å². The predicted octanol–water partition coefficient (Wildman–Crippen LogP) is 2.38. The summed E-state index contributed by atoms with van der Waals surface area (Å²) in [6.45, 7) is 4.78. The molecule has 0 spiro atoms. The zero-order valence-electron chi connectivity index (χ0n) is 16.4. The smallest absolute Gasteiger partial charge is 0.191 e. The van der Waals surface area contributed by atoms with Crippen molar-refractivity contribution in [2.24, 2.45) is 12.0 Å². The van der Waals surface area contributed by atoms with Crippen molar-refractivity contribution in [2.45, 2.75) is 26.3 Å². The first-order valence-corrected chi connectivity index (χ1v) is 10.6. The Morgan fingerprint density at radius 3 is 2.56 bits per heavy atom. The lowest BCUT2D eigenvalue weighted by atomic mass is 10.3. The molecule has 148 valence electrons. The van der Waals surface area contributed by atoms with Crippen molar-refractivity contribution in [1.29, 1.82) is 0 Å². The lowest BCUT2D eigenvalue weighted by Gasteiger charge is -2.13. The Morgan fingerprint density at radius 1 is 1.15 bits per heavy atom. The highest BCUT2D eigenvalue weighted by Gasteiger charge is 2.05. The number of para-hydroxylation sites is 1. The van der Waals surface area contributed by atoms with E-state index in [4.69, 9.17) is 4.74 Å². The van der Waals surface area contributed by atoms with Gasteiger partial charge in [0.2, 0.25) is 0 Å². The van der Waals surface area contributed by atoms with Crippen molar-refractivity contribution < 1.29 is 4.74 Å². The Hall–Kier alpha value is -2.22. The molecule has 8 heteroatoms. The monoisotopic (exact) mass is 390 g/mol. The topological polar surface area (TPSA) is 76.4 Å². The van der Waals surface area contributed by atoms with Gasteiger partial charge in [0.1, 0.15) is 18.1 Å². The van der Waals surface area contributed by atoms with Gasteiger partial charge in [0.15, 0.2) is 11.8 Å². The van der Waals surface area contributed by atoms with Crippen LogP contribution in [-0.2, 0) is 13.6 Å². The van der Waals surface area contributed by atoms with E-state index in [-0.39, 0.29) is 0 Å². The van der Waals surface area contributed by atoms with Crippen molar-refractivity contribution in [3.63, 3.8) is 0 Å². The summed E-state index contributed by atoms with van der Waals surface area (Å²) in [6, 6.07) is 9.88. The van der Waals surface area contributed by atoms with Gasteiger partial charge in [-0.1, -0.05) is 18.2 Å². The Bertz CT molecular complexity index is 689. The van der Waals surface area contributed by atoms with Gasteiger partial charge in [0, 0.05) is 20.1 Å². The van der Waals surface area contributed by atoms with Gasteiger partial charge in [-0.05, 0) is 43.9 Å². The van der Waals surface area contributed by atoms with Crippen LogP contribution >= 0.6 is 11.8 Å². The number of aryl methyl sites for hydroxylation is 1. The third-order valence-corrected chi connectivity index (χ3v) is 4.70. The molecule has 0 amide bonds. The highest BCUT2D eigenvalue weighted by atomic mass is 32.2. The molecule has 0 fully saturated rings. The molecule has 1 aromatic carbocycles. The molecule has 0 saturated heterocycles. The number of aromatic nitrogens is 3. The fraction of sp³-hybridized carbons (Fsp3) is 0.526. The molecule has 0 aliphatic carbocycles. The second-order valence-corrected chi connectivity index (χ2v) is 7.09. The summed E-state index contributed by atoms with van der Waals surface area (Å²) in [5.74, 6) is 4.58. The predicted molar refractivity (Wildman–Crippen MR) is 112 cm³/mol. The van der Waals surface area contributed by atoms with E-state index in [1.165, 1.54) is 0 Å². The number of nitrogens with zero attached hydrogens (tertiary/aromatic N) is 4. The normalized spacial score (nSPS) is 11.4. The van der Waals surface area contributed by atoms with Crippen molar-refractivity contribution in [2.75, 3.05) is 31.7 Å². The highest BCUT2D eigenvalue weighted by molar-refractivity contribution is 7.98. The maximum absolute atomic E-state index is 5.72. The first kappa shape index (κ1) is 21.1. The fourth-order valence-electron chi connectivity index (χ4n) is 2.32. The molecule has 0 bridgehead atoms. The van der Waals surface area contributed by atoms with E-state index < -0.39 is 0 Å². The summed E-state index contributed by atoms with van der Waals surface area (Å²) >= 11 is 1.85. The van der Waals surface area contributed by atoms with E-state index in [2.05, 4.69) is 32.1 Å². The SMILES string of the molecule is CSCCCNC(=NCc1nnc(C)n1C)NCCCOc1ccccc1. The average Bonchev–Trinajstić information content (AvgIpc) is 3.01. The molecule has 27 heavy (non-hydrogen) atoms. The van der Waals surface area contributed by atoms with E-state index in [0.29, 0.717) is 13.2 Å². The second kappa shape index (κ2) is 12.2. The van der Waals surface area contributed by atoms with E-state index in [9.17, 15) is 0 Å². The number of hydrogen-bond acceptors (Lipinski definition) is 5. The van der Waals surface area contributed by atoms with Gasteiger partial charge in [0.05, 0.1) is 6.61 Å². The van der Waals surface area contributed by atoms with Crippen molar-refractivity contribution >= 4 is 17.7 Å². The van der Waals surface area contributed by atoms with E-state index in [1.54, 1.807) is 0 Å². The quantitative estimate of drug-likeness (QED) is 0.349. The first-order chi connectivity index (χ1) is 13.2. The van der Waals surface area contributed by atoms with Gasteiger partial charge in [0.25, 0.3) is 0 Å². The van der Waals surface area contributed by atoms with Crippen LogP contribution in [0.3, 0.4) is 0 Å². The molecule has 0 saturated carbocycles.